The van der Waals surface area contributed by atoms with Gasteiger partial charge in [-0.25, -0.2) is 13.8 Å². The molecule has 0 aliphatic rings. The van der Waals surface area contributed by atoms with Crippen molar-refractivity contribution in [1.82, 2.24) is 14.5 Å². The Kier molecular flexibility index (Phi) is 3.08. The quantitative estimate of drug-likeness (QED) is 0.734. The fourth-order valence-electron chi connectivity index (χ4n) is 2.40. The number of aromatic nitrogens is 3. The number of nitrogen functional groups attached to an aromatic ring is 1. The summed E-state index contributed by atoms with van der Waals surface area (Å²) < 4.78 is 29.3. The number of hydrogen-bond acceptors (Lipinski definition) is 3. The third-order valence-electron chi connectivity index (χ3n) is 3.34. The summed E-state index contributed by atoms with van der Waals surface area (Å²) in [5.41, 5.74) is 7.13. The van der Waals surface area contributed by atoms with E-state index in [1.807, 2.05) is 24.5 Å². The first-order valence-electron chi connectivity index (χ1n) is 6.56. The Morgan fingerprint density at radius 2 is 1.95 bits per heavy atom. The van der Waals surface area contributed by atoms with Gasteiger partial charge in [0.1, 0.15) is 23.0 Å². The molecule has 2 aromatic heterocycles. The van der Waals surface area contributed by atoms with E-state index in [1.54, 1.807) is 12.4 Å². The normalized spacial score (nSPS) is 11.5. The highest BCUT2D eigenvalue weighted by Gasteiger charge is 2.19. The summed E-state index contributed by atoms with van der Waals surface area (Å²) >= 11 is 0. The van der Waals surface area contributed by atoms with Gasteiger partial charge in [-0.3, -0.25) is 4.98 Å². The molecule has 0 amide bonds. The lowest BCUT2D eigenvalue weighted by Crippen LogP contribution is -2.05. The molecule has 1 aromatic carbocycles. The van der Waals surface area contributed by atoms with Crippen LogP contribution < -0.4 is 5.73 Å². The second kappa shape index (κ2) is 4.80. The SMILES string of the molecule is CC(C)n1c(-c2cc(N)c(F)cc2F)nc2cnccc21. The van der Waals surface area contributed by atoms with Gasteiger partial charge in [0.05, 0.1) is 23.0 Å². The number of anilines is 1. The zero-order valence-electron chi connectivity index (χ0n) is 11.6. The maximum Gasteiger partial charge on any atom is 0.149 e. The molecule has 0 atom stereocenters. The number of hydrogen-bond donors (Lipinski definition) is 1. The van der Waals surface area contributed by atoms with Crippen molar-refractivity contribution in [2.45, 2.75) is 19.9 Å². The van der Waals surface area contributed by atoms with E-state index < -0.39 is 11.6 Å². The summed E-state index contributed by atoms with van der Waals surface area (Å²) in [4.78, 5) is 8.44. The molecular weight excluding hydrogens is 274 g/mol. The van der Waals surface area contributed by atoms with Crippen LogP contribution in [-0.2, 0) is 0 Å². The van der Waals surface area contributed by atoms with Gasteiger partial charge in [0.15, 0.2) is 0 Å². The highest BCUT2D eigenvalue weighted by Crippen LogP contribution is 2.31. The Morgan fingerprint density at radius 1 is 1.19 bits per heavy atom. The number of halogens is 2. The molecule has 0 bridgehead atoms. The average Bonchev–Trinajstić information content (AvgIpc) is 2.82. The van der Waals surface area contributed by atoms with Crippen LogP contribution in [-0.4, -0.2) is 14.5 Å². The summed E-state index contributed by atoms with van der Waals surface area (Å²) in [5, 5.41) is 0. The van der Waals surface area contributed by atoms with Crippen LogP contribution in [0.5, 0.6) is 0 Å². The summed E-state index contributed by atoms with van der Waals surface area (Å²) in [7, 11) is 0. The van der Waals surface area contributed by atoms with Gasteiger partial charge >= 0.3 is 0 Å². The molecule has 0 unspecified atom stereocenters. The molecule has 0 aliphatic heterocycles. The molecule has 3 aromatic rings. The second-order valence-corrected chi connectivity index (χ2v) is 5.12. The van der Waals surface area contributed by atoms with Crippen molar-refractivity contribution in [3.8, 4) is 11.4 Å². The van der Waals surface area contributed by atoms with Crippen LogP contribution in [0.4, 0.5) is 14.5 Å². The Bertz CT molecular complexity index is 824. The van der Waals surface area contributed by atoms with Crippen LogP contribution in [0.2, 0.25) is 0 Å². The zero-order valence-corrected chi connectivity index (χ0v) is 11.6. The standard InChI is InChI=1S/C15H14F2N4/c1-8(2)21-14-3-4-19-7-13(14)20-15(21)9-5-12(18)11(17)6-10(9)16/h3-8H,18H2,1-2H3. The van der Waals surface area contributed by atoms with E-state index in [9.17, 15) is 8.78 Å². The van der Waals surface area contributed by atoms with Gasteiger partial charge in [-0.2, -0.15) is 0 Å². The number of benzene rings is 1. The third kappa shape index (κ3) is 2.12. The lowest BCUT2D eigenvalue weighted by atomic mass is 10.1. The molecule has 3 rings (SSSR count). The fourth-order valence-corrected chi connectivity index (χ4v) is 2.40. The van der Waals surface area contributed by atoms with Crippen molar-refractivity contribution < 1.29 is 8.78 Å². The summed E-state index contributed by atoms with van der Waals surface area (Å²) in [5.74, 6) is -1.05. The van der Waals surface area contributed by atoms with E-state index in [1.165, 1.54) is 6.07 Å². The Labute approximate surface area is 120 Å². The third-order valence-corrected chi connectivity index (χ3v) is 3.34. The monoisotopic (exact) mass is 288 g/mol. The fraction of sp³-hybridized carbons (Fsp3) is 0.200. The molecule has 2 heterocycles. The second-order valence-electron chi connectivity index (χ2n) is 5.12. The number of fused-ring (bicyclic) bond motifs is 1. The van der Waals surface area contributed by atoms with Crippen molar-refractivity contribution in [1.29, 1.82) is 0 Å². The van der Waals surface area contributed by atoms with Gasteiger partial charge in [-0.1, -0.05) is 0 Å². The smallest absolute Gasteiger partial charge is 0.149 e. The van der Waals surface area contributed by atoms with Crippen LogP contribution >= 0.6 is 0 Å². The minimum absolute atomic E-state index is 0.0538. The van der Waals surface area contributed by atoms with Gasteiger partial charge < -0.3 is 10.3 Å². The van der Waals surface area contributed by atoms with Crippen LogP contribution in [0, 0.1) is 11.6 Å². The lowest BCUT2D eigenvalue weighted by Gasteiger charge is -2.14. The number of nitrogens with zero attached hydrogens (tertiary/aromatic N) is 3. The molecule has 0 spiro atoms. The van der Waals surface area contributed by atoms with Crippen molar-refractivity contribution >= 4 is 16.7 Å². The van der Waals surface area contributed by atoms with Crippen LogP contribution in [0.1, 0.15) is 19.9 Å². The summed E-state index contributed by atoms with van der Waals surface area (Å²) in [6, 6.07) is 3.93. The molecule has 0 fully saturated rings. The topological polar surface area (TPSA) is 56.7 Å². The summed E-state index contributed by atoms with van der Waals surface area (Å²) in [6.45, 7) is 3.94. The van der Waals surface area contributed by atoms with Crippen LogP contribution in [0.25, 0.3) is 22.4 Å². The maximum absolute atomic E-state index is 14.1. The Balaban J connectivity index is 2.35. The predicted octanol–water partition coefficient (Wildman–Crippen LogP) is 3.54. The lowest BCUT2D eigenvalue weighted by molar-refractivity contribution is 0.582. The highest BCUT2D eigenvalue weighted by atomic mass is 19.1. The van der Waals surface area contributed by atoms with Crippen molar-refractivity contribution in [3.63, 3.8) is 0 Å². The van der Waals surface area contributed by atoms with E-state index in [4.69, 9.17) is 5.73 Å². The largest absolute Gasteiger partial charge is 0.396 e. The number of pyridine rings is 1. The molecular formula is C15H14F2N4. The maximum atomic E-state index is 14.1. The van der Waals surface area contributed by atoms with E-state index in [0.29, 0.717) is 11.3 Å². The minimum atomic E-state index is -0.773. The molecule has 0 saturated carbocycles. The van der Waals surface area contributed by atoms with Crippen molar-refractivity contribution in [3.05, 3.63) is 42.2 Å². The van der Waals surface area contributed by atoms with Crippen molar-refractivity contribution in [2.75, 3.05) is 5.73 Å². The summed E-state index contributed by atoms with van der Waals surface area (Å²) in [6.07, 6.45) is 3.27. The molecule has 6 heteroatoms. The Morgan fingerprint density at radius 3 is 2.67 bits per heavy atom. The predicted molar refractivity (Wildman–Crippen MR) is 77.7 cm³/mol. The van der Waals surface area contributed by atoms with E-state index >= 15 is 0 Å². The zero-order chi connectivity index (χ0) is 15.1. The molecule has 0 radical (unpaired) electrons. The first-order valence-corrected chi connectivity index (χ1v) is 6.56. The Hall–Kier alpha value is -2.50. The van der Waals surface area contributed by atoms with Crippen molar-refractivity contribution in [2.24, 2.45) is 0 Å². The van der Waals surface area contributed by atoms with Gasteiger partial charge in [-0.05, 0) is 26.0 Å². The first-order chi connectivity index (χ1) is 9.99. The number of nitrogens with two attached hydrogens (primary N) is 1. The molecule has 0 saturated heterocycles. The first kappa shape index (κ1) is 13.5. The minimum Gasteiger partial charge on any atom is -0.396 e. The number of imidazole rings is 1. The molecule has 108 valence electrons. The van der Waals surface area contributed by atoms with E-state index in [0.717, 1.165) is 11.6 Å². The molecule has 0 aliphatic carbocycles. The van der Waals surface area contributed by atoms with Crippen LogP contribution in [0.3, 0.4) is 0 Å². The average molecular weight is 288 g/mol. The van der Waals surface area contributed by atoms with Gasteiger partial charge in [0.2, 0.25) is 0 Å². The highest BCUT2D eigenvalue weighted by molar-refractivity contribution is 5.80. The molecule has 2 N–H and O–H groups in total. The van der Waals surface area contributed by atoms with Gasteiger partial charge in [0, 0.05) is 18.3 Å². The van der Waals surface area contributed by atoms with Gasteiger partial charge in [0.25, 0.3) is 0 Å². The van der Waals surface area contributed by atoms with E-state index in [-0.39, 0.29) is 17.3 Å². The molecule has 4 nitrogen and oxygen atoms in total. The van der Waals surface area contributed by atoms with Crippen LogP contribution in [0.15, 0.2) is 30.6 Å². The van der Waals surface area contributed by atoms with Gasteiger partial charge in [-0.15, -0.1) is 0 Å². The number of rotatable bonds is 2. The van der Waals surface area contributed by atoms with E-state index in [2.05, 4.69) is 9.97 Å². The molecule has 21 heavy (non-hydrogen) atoms.